The van der Waals surface area contributed by atoms with E-state index in [4.69, 9.17) is 9.15 Å². The smallest absolute Gasteiger partial charge is 0.336 e. The van der Waals surface area contributed by atoms with E-state index in [1.807, 2.05) is 27.7 Å². The Hall–Kier alpha value is -2.97. The van der Waals surface area contributed by atoms with Crippen LogP contribution in [0, 0.1) is 19.8 Å². The van der Waals surface area contributed by atoms with Gasteiger partial charge in [0.1, 0.15) is 17.4 Å². The molecule has 0 radical (unpaired) electrons. The molecule has 0 fully saturated rings. The van der Waals surface area contributed by atoms with E-state index in [0.29, 0.717) is 17.4 Å². The number of esters is 1. The van der Waals surface area contributed by atoms with Crippen molar-refractivity contribution < 1.29 is 22.4 Å². The Balaban J connectivity index is 1.99. The molecule has 3 rings (SSSR count). The third-order valence-corrected chi connectivity index (χ3v) is 6.87. The van der Waals surface area contributed by atoms with Crippen LogP contribution in [0.1, 0.15) is 50.3 Å². The average molecular weight is 486 g/mol. The molecule has 2 aromatic carbocycles. The molecule has 1 heterocycles. The number of hydrogen-bond donors (Lipinski definition) is 1. The van der Waals surface area contributed by atoms with Crippen LogP contribution in [0.25, 0.3) is 11.0 Å². The maximum absolute atomic E-state index is 13.3. The predicted octanol–water partition coefficient (Wildman–Crippen LogP) is 4.66. The maximum Gasteiger partial charge on any atom is 0.336 e. The molecular formula is C26H31NO6S. The van der Waals surface area contributed by atoms with Crippen molar-refractivity contribution in [2.45, 2.75) is 64.8 Å². The van der Waals surface area contributed by atoms with Crippen molar-refractivity contribution in [1.29, 1.82) is 0 Å². The Morgan fingerprint density at radius 2 is 1.74 bits per heavy atom. The van der Waals surface area contributed by atoms with Crippen LogP contribution < -0.4 is 15.1 Å². The minimum absolute atomic E-state index is 0.0289. The van der Waals surface area contributed by atoms with Crippen LogP contribution in [0.15, 0.2) is 56.6 Å². The molecule has 0 aliphatic carbocycles. The van der Waals surface area contributed by atoms with Gasteiger partial charge in [0, 0.05) is 6.07 Å². The van der Waals surface area contributed by atoms with Crippen LogP contribution in [-0.2, 0) is 21.2 Å². The molecule has 1 aromatic heterocycles. The summed E-state index contributed by atoms with van der Waals surface area (Å²) in [5, 5.41) is 0.546. The fraction of sp³-hybridized carbons (Fsp3) is 0.385. The first-order valence-electron chi connectivity index (χ1n) is 11.4. The second-order valence-corrected chi connectivity index (χ2v) is 10.7. The highest BCUT2D eigenvalue weighted by molar-refractivity contribution is 7.89. The number of ether oxygens (including phenoxy) is 1. The molecule has 0 saturated heterocycles. The summed E-state index contributed by atoms with van der Waals surface area (Å²) in [6.07, 6.45) is 1.64. The number of fused-ring (bicyclic) bond motifs is 1. The standard InChI is InChI=1S/C26H31NO6S/c1-6-7-19-15-24(28)32-22-13-18(5)14-23(25(19)22)33-26(29)21(12-16(2)3)27-34(30,31)20-10-8-17(4)9-11-20/h8-11,13-16,21,27H,6-7,12H2,1-5H3/t21-/m0/s1. The molecule has 1 N–H and O–H groups in total. The summed E-state index contributed by atoms with van der Waals surface area (Å²) < 4.78 is 39.6. The van der Waals surface area contributed by atoms with Gasteiger partial charge >= 0.3 is 11.6 Å². The largest absolute Gasteiger partial charge is 0.425 e. The predicted molar refractivity (Wildman–Crippen MR) is 132 cm³/mol. The Labute approximate surface area is 200 Å². The van der Waals surface area contributed by atoms with E-state index in [9.17, 15) is 18.0 Å². The zero-order valence-corrected chi connectivity index (χ0v) is 21.0. The number of sulfonamides is 1. The molecule has 0 aliphatic heterocycles. The average Bonchev–Trinajstić information content (AvgIpc) is 2.72. The van der Waals surface area contributed by atoms with Gasteiger partial charge in [-0.15, -0.1) is 0 Å². The van der Waals surface area contributed by atoms with Crippen LogP contribution >= 0.6 is 0 Å². The minimum Gasteiger partial charge on any atom is -0.425 e. The quantitative estimate of drug-likeness (QED) is 0.269. The second-order valence-electron chi connectivity index (χ2n) is 9.01. The van der Waals surface area contributed by atoms with E-state index in [-0.39, 0.29) is 23.0 Å². The molecule has 0 saturated carbocycles. The third-order valence-electron chi connectivity index (χ3n) is 5.38. The second kappa shape index (κ2) is 10.5. The van der Waals surface area contributed by atoms with E-state index in [0.717, 1.165) is 23.1 Å². The first kappa shape index (κ1) is 25.6. The normalized spacial score (nSPS) is 12.8. The van der Waals surface area contributed by atoms with E-state index >= 15 is 0 Å². The van der Waals surface area contributed by atoms with Crippen molar-refractivity contribution in [1.82, 2.24) is 4.72 Å². The molecule has 1 atom stereocenters. The fourth-order valence-corrected chi connectivity index (χ4v) is 5.03. The van der Waals surface area contributed by atoms with E-state index in [2.05, 4.69) is 4.72 Å². The van der Waals surface area contributed by atoms with Gasteiger partial charge in [-0.2, -0.15) is 4.72 Å². The number of nitrogens with one attached hydrogen (secondary N) is 1. The molecule has 182 valence electrons. The lowest BCUT2D eigenvalue weighted by Crippen LogP contribution is -2.43. The van der Waals surface area contributed by atoms with Crippen molar-refractivity contribution in [3.63, 3.8) is 0 Å². The number of hydrogen-bond acceptors (Lipinski definition) is 6. The van der Waals surface area contributed by atoms with Crippen LogP contribution in [0.4, 0.5) is 0 Å². The van der Waals surface area contributed by atoms with Crippen molar-refractivity contribution in [2.24, 2.45) is 5.92 Å². The van der Waals surface area contributed by atoms with Crippen molar-refractivity contribution in [3.8, 4) is 5.75 Å². The Morgan fingerprint density at radius 3 is 2.35 bits per heavy atom. The first-order valence-corrected chi connectivity index (χ1v) is 12.9. The molecule has 3 aromatic rings. The van der Waals surface area contributed by atoms with Gasteiger partial charge in [0.2, 0.25) is 10.0 Å². The molecule has 0 unspecified atom stereocenters. The van der Waals surface area contributed by atoms with E-state index in [1.54, 1.807) is 31.2 Å². The van der Waals surface area contributed by atoms with Crippen LogP contribution in [0.5, 0.6) is 5.75 Å². The van der Waals surface area contributed by atoms with Gasteiger partial charge in [-0.05, 0) is 68.0 Å². The molecule has 0 spiro atoms. The summed E-state index contributed by atoms with van der Waals surface area (Å²) >= 11 is 0. The number of aryl methyl sites for hydroxylation is 3. The van der Waals surface area contributed by atoms with Crippen LogP contribution in [0.3, 0.4) is 0 Å². The summed E-state index contributed by atoms with van der Waals surface area (Å²) in [6.45, 7) is 9.45. The highest BCUT2D eigenvalue weighted by atomic mass is 32.2. The van der Waals surface area contributed by atoms with Crippen LogP contribution in [-0.4, -0.2) is 20.4 Å². The summed E-state index contributed by atoms with van der Waals surface area (Å²) in [5.41, 5.74) is 2.25. The van der Waals surface area contributed by atoms with Crippen molar-refractivity contribution >= 4 is 27.0 Å². The zero-order chi connectivity index (χ0) is 25.0. The number of carbonyl (C=O) groups is 1. The molecular weight excluding hydrogens is 454 g/mol. The lowest BCUT2D eigenvalue weighted by atomic mass is 10.0. The van der Waals surface area contributed by atoms with Gasteiger partial charge in [0.05, 0.1) is 10.3 Å². The monoisotopic (exact) mass is 485 g/mol. The van der Waals surface area contributed by atoms with Gasteiger partial charge < -0.3 is 9.15 Å². The highest BCUT2D eigenvalue weighted by Gasteiger charge is 2.29. The van der Waals surface area contributed by atoms with Gasteiger partial charge in [-0.3, -0.25) is 0 Å². The van der Waals surface area contributed by atoms with Gasteiger partial charge in [-0.25, -0.2) is 18.0 Å². The van der Waals surface area contributed by atoms with Crippen molar-refractivity contribution in [3.05, 3.63) is 69.6 Å². The molecule has 0 bridgehead atoms. The number of benzene rings is 2. The first-order chi connectivity index (χ1) is 16.0. The zero-order valence-electron chi connectivity index (χ0n) is 20.2. The highest BCUT2D eigenvalue weighted by Crippen LogP contribution is 2.31. The Bertz CT molecular complexity index is 1340. The lowest BCUT2D eigenvalue weighted by molar-refractivity contribution is -0.136. The summed E-state index contributed by atoms with van der Waals surface area (Å²) in [7, 11) is -3.94. The molecule has 8 heteroatoms. The molecule has 0 aliphatic rings. The van der Waals surface area contributed by atoms with Crippen LogP contribution in [0.2, 0.25) is 0 Å². The molecule has 7 nitrogen and oxygen atoms in total. The topological polar surface area (TPSA) is 103 Å². The minimum atomic E-state index is -3.94. The van der Waals surface area contributed by atoms with E-state index in [1.165, 1.54) is 18.2 Å². The van der Waals surface area contributed by atoms with Gasteiger partial charge in [0.15, 0.2) is 0 Å². The Kier molecular flexibility index (Phi) is 7.94. The summed E-state index contributed by atoms with van der Waals surface area (Å²) in [6, 6.07) is 10.1. The Morgan fingerprint density at radius 1 is 1.06 bits per heavy atom. The van der Waals surface area contributed by atoms with Gasteiger partial charge in [-0.1, -0.05) is 44.9 Å². The molecule has 0 amide bonds. The number of rotatable bonds is 9. The molecule has 34 heavy (non-hydrogen) atoms. The summed E-state index contributed by atoms with van der Waals surface area (Å²) in [4.78, 5) is 25.4. The van der Waals surface area contributed by atoms with Crippen molar-refractivity contribution in [2.75, 3.05) is 0 Å². The third kappa shape index (κ3) is 6.12. The maximum atomic E-state index is 13.3. The lowest BCUT2D eigenvalue weighted by Gasteiger charge is -2.20. The SMILES string of the molecule is CCCc1cc(=O)oc2cc(C)cc(OC(=O)[C@H](CC(C)C)NS(=O)(=O)c3ccc(C)cc3)c12. The van der Waals surface area contributed by atoms with Gasteiger partial charge in [0.25, 0.3) is 0 Å². The number of carbonyl (C=O) groups excluding carboxylic acids is 1. The summed E-state index contributed by atoms with van der Waals surface area (Å²) in [5.74, 6) is -0.443. The fourth-order valence-electron chi connectivity index (χ4n) is 3.83. The van der Waals surface area contributed by atoms with E-state index < -0.39 is 27.7 Å².